The van der Waals surface area contributed by atoms with Crippen LogP contribution in [0.25, 0.3) is 10.9 Å². The first-order valence-electron chi connectivity index (χ1n) is 11.3. The molecular weight excluding hydrogens is 420 g/mol. The quantitative estimate of drug-likeness (QED) is 0.527. The molecule has 3 aromatic heterocycles. The fraction of sp³-hybridized carbons (Fsp3) is 0.455. The molecule has 0 atom stereocenters. The largest absolute Gasteiger partial charge is 0.354 e. The van der Waals surface area contributed by atoms with Gasteiger partial charge >= 0.3 is 0 Å². The molecule has 0 aromatic carbocycles. The van der Waals surface area contributed by atoms with E-state index >= 15 is 0 Å². The Hall–Kier alpha value is -3.78. The lowest BCUT2D eigenvalue weighted by molar-refractivity contribution is 0.409. The molecule has 11 heteroatoms. The van der Waals surface area contributed by atoms with Crippen molar-refractivity contribution in [3.63, 3.8) is 0 Å². The highest BCUT2D eigenvalue weighted by Gasteiger charge is 2.23. The van der Waals surface area contributed by atoms with Crippen LogP contribution >= 0.6 is 0 Å². The summed E-state index contributed by atoms with van der Waals surface area (Å²) in [5.74, 6) is 2.32. The predicted octanol–water partition coefficient (Wildman–Crippen LogP) is 1.39. The maximum atomic E-state index is 12.5. The fourth-order valence-corrected chi connectivity index (χ4v) is 4.37. The molecule has 5 rings (SSSR count). The highest BCUT2D eigenvalue weighted by atomic mass is 16.1. The number of nitriles is 1. The zero-order valence-electron chi connectivity index (χ0n) is 18.3. The molecule has 0 saturated carbocycles. The minimum atomic E-state index is -0.348. The first kappa shape index (κ1) is 21.1. The van der Waals surface area contributed by atoms with Crippen molar-refractivity contribution in [1.29, 1.82) is 5.26 Å². The Labute approximate surface area is 190 Å². The average molecular weight is 447 g/mol. The molecule has 2 fully saturated rings. The van der Waals surface area contributed by atoms with Crippen LogP contribution in [0.3, 0.4) is 0 Å². The number of rotatable bonds is 5. The lowest BCUT2D eigenvalue weighted by Crippen LogP contribution is -2.43. The number of aromatic amines is 1. The van der Waals surface area contributed by atoms with Gasteiger partial charge in [-0.25, -0.2) is 15.1 Å². The average Bonchev–Trinajstić information content (AvgIpc) is 2.86. The van der Waals surface area contributed by atoms with Crippen LogP contribution in [0, 0.1) is 17.2 Å². The molecule has 0 unspecified atom stereocenters. The molecule has 2 aliphatic heterocycles. The van der Waals surface area contributed by atoms with Crippen LogP contribution in [0.4, 0.5) is 23.3 Å². The van der Waals surface area contributed by atoms with E-state index in [4.69, 9.17) is 10.2 Å². The van der Waals surface area contributed by atoms with Crippen LogP contribution < -0.4 is 26.0 Å². The van der Waals surface area contributed by atoms with Crippen LogP contribution in [-0.4, -0.2) is 64.4 Å². The molecule has 5 heterocycles. The summed E-state index contributed by atoms with van der Waals surface area (Å²) in [5, 5.41) is 22.3. The maximum absolute atomic E-state index is 12.5. The number of H-pyrrole nitrogens is 1. The van der Waals surface area contributed by atoms with E-state index in [0.29, 0.717) is 35.0 Å². The number of piperidine rings is 1. The van der Waals surface area contributed by atoms with Gasteiger partial charge in [0.25, 0.3) is 5.56 Å². The van der Waals surface area contributed by atoms with Gasteiger partial charge in [0.15, 0.2) is 0 Å². The molecule has 2 saturated heterocycles. The van der Waals surface area contributed by atoms with Crippen molar-refractivity contribution < 1.29 is 0 Å². The summed E-state index contributed by atoms with van der Waals surface area (Å²) in [4.78, 5) is 30.8. The molecule has 0 amide bonds. The van der Waals surface area contributed by atoms with E-state index in [1.165, 1.54) is 0 Å². The molecule has 0 spiro atoms. The van der Waals surface area contributed by atoms with Gasteiger partial charge < -0.3 is 20.4 Å². The molecule has 11 nitrogen and oxygen atoms in total. The van der Waals surface area contributed by atoms with Crippen LogP contribution in [0.15, 0.2) is 29.3 Å². The van der Waals surface area contributed by atoms with E-state index in [-0.39, 0.29) is 5.56 Å². The van der Waals surface area contributed by atoms with Gasteiger partial charge in [0.1, 0.15) is 22.5 Å². The van der Waals surface area contributed by atoms with Gasteiger partial charge in [-0.1, -0.05) is 0 Å². The summed E-state index contributed by atoms with van der Waals surface area (Å²) in [6.45, 7) is 5.29. The lowest BCUT2D eigenvalue weighted by Gasteiger charge is -2.31. The number of anilines is 4. The topological polar surface area (TPSA) is 139 Å². The SMILES string of the molecule is N#CCC1CCN(c2nc(Nc3ccc(N4CCNCC4)nc3)c3c(=O)[nH]ncc3n2)CC1. The molecule has 3 aromatic rings. The predicted molar refractivity (Wildman–Crippen MR) is 126 cm³/mol. The molecule has 0 aliphatic carbocycles. The fourth-order valence-electron chi connectivity index (χ4n) is 4.37. The second-order valence-electron chi connectivity index (χ2n) is 8.39. The summed E-state index contributed by atoms with van der Waals surface area (Å²) in [6.07, 6.45) is 5.72. The van der Waals surface area contributed by atoms with Crippen LogP contribution in [-0.2, 0) is 0 Å². The van der Waals surface area contributed by atoms with Gasteiger partial charge in [-0.2, -0.15) is 15.3 Å². The van der Waals surface area contributed by atoms with Crippen LogP contribution in [0.1, 0.15) is 19.3 Å². The number of nitrogens with one attached hydrogen (secondary N) is 3. The second-order valence-corrected chi connectivity index (χ2v) is 8.39. The number of aromatic nitrogens is 5. The Morgan fingerprint density at radius 1 is 1.09 bits per heavy atom. The van der Waals surface area contributed by atoms with E-state index in [9.17, 15) is 4.79 Å². The third kappa shape index (κ3) is 4.56. The first-order chi connectivity index (χ1) is 16.2. The molecule has 2 aliphatic rings. The van der Waals surface area contributed by atoms with Crippen molar-refractivity contribution in [3.8, 4) is 6.07 Å². The summed E-state index contributed by atoms with van der Waals surface area (Å²) in [6, 6.07) is 6.19. The van der Waals surface area contributed by atoms with Crippen molar-refractivity contribution in [2.45, 2.75) is 19.3 Å². The third-order valence-electron chi connectivity index (χ3n) is 6.23. The summed E-state index contributed by atoms with van der Waals surface area (Å²) >= 11 is 0. The van der Waals surface area contributed by atoms with Gasteiger partial charge in [-0.15, -0.1) is 0 Å². The zero-order chi connectivity index (χ0) is 22.6. The third-order valence-corrected chi connectivity index (χ3v) is 6.23. The minimum absolute atomic E-state index is 0.348. The van der Waals surface area contributed by atoms with Gasteiger partial charge in [0.2, 0.25) is 5.95 Å². The lowest BCUT2D eigenvalue weighted by atomic mass is 9.94. The number of nitrogens with zero attached hydrogens (tertiary/aromatic N) is 7. The smallest absolute Gasteiger partial charge is 0.277 e. The van der Waals surface area contributed by atoms with Crippen LogP contribution in [0.5, 0.6) is 0 Å². The maximum Gasteiger partial charge on any atom is 0.277 e. The summed E-state index contributed by atoms with van der Waals surface area (Å²) < 4.78 is 0. The number of hydrogen-bond donors (Lipinski definition) is 3. The molecule has 33 heavy (non-hydrogen) atoms. The Morgan fingerprint density at radius 3 is 2.64 bits per heavy atom. The van der Waals surface area contributed by atoms with Gasteiger partial charge in [0, 0.05) is 45.7 Å². The first-order valence-corrected chi connectivity index (χ1v) is 11.3. The minimum Gasteiger partial charge on any atom is -0.354 e. The van der Waals surface area contributed by atoms with Crippen molar-refractivity contribution in [3.05, 3.63) is 34.9 Å². The van der Waals surface area contributed by atoms with E-state index in [2.05, 4.69) is 46.7 Å². The highest BCUT2D eigenvalue weighted by molar-refractivity contribution is 5.90. The normalized spacial score (nSPS) is 17.2. The Morgan fingerprint density at radius 2 is 1.91 bits per heavy atom. The van der Waals surface area contributed by atoms with Gasteiger partial charge in [0.05, 0.1) is 24.2 Å². The Kier molecular flexibility index (Phi) is 5.99. The summed E-state index contributed by atoms with van der Waals surface area (Å²) in [5.41, 5.74) is 0.874. The second kappa shape index (κ2) is 9.38. The number of hydrogen-bond acceptors (Lipinski definition) is 10. The van der Waals surface area contributed by atoms with Crippen molar-refractivity contribution in [1.82, 2.24) is 30.5 Å². The van der Waals surface area contributed by atoms with E-state index < -0.39 is 0 Å². The van der Waals surface area contributed by atoms with Crippen molar-refractivity contribution in [2.24, 2.45) is 5.92 Å². The van der Waals surface area contributed by atoms with Gasteiger partial charge in [-0.3, -0.25) is 4.79 Å². The molecule has 3 N–H and O–H groups in total. The standard InChI is InChI=1S/C22H26N10O/c23-6-3-15-4-9-32(10-5-15)22-28-17-14-26-30-21(33)19(17)20(29-22)27-16-1-2-18(25-13-16)31-11-7-24-8-12-31/h1-2,13-15,24H,3-5,7-12H2,(H,30,33)(H,27,28,29). The summed E-state index contributed by atoms with van der Waals surface area (Å²) in [7, 11) is 0. The van der Waals surface area contributed by atoms with E-state index in [1.54, 1.807) is 12.4 Å². The van der Waals surface area contributed by atoms with Crippen LogP contribution in [0.2, 0.25) is 0 Å². The van der Waals surface area contributed by atoms with Gasteiger partial charge in [-0.05, 0) is 30.9 Å². The Balaban J connectivity index is 1.42. The number of piperazine rings is 1. The molecular formula is C22H26N10O. The van der Waals surface area contributed by atoms with Crippen molar-refractivity contribution in [2.75, 3.05) is 54.4 Å². The molecule has 0 bridgehead atoms. The Bertz CT molecular complexity index is 1200. The van der Waals surface area contributed by atoms with E-state index in [0.717, 1.165) is 63.6 Å². The highest BCUT2D eigenvalue weighted by Crippen LogP contribution is 2.27. The van der Waals surface area contributed by atoms with E-state index in [1.807, 2.05) is 12.1 Å². The number of fused-ring (bicyclic) bond motifs is 1. The zero-order valence-corrected chi connectivity index (χ0v) is 18.3. The number of pyridine rings is 1. The molecule has 170 valence electrons. The monoisotopic (exact) mass is 446 g/mol. The molecule has 0 radical (unpaired) electrons. The van der Waals surface area contributed by atoms with Crippen molar-refractivity contribution >= 4 is 34.2 Å².